The second-order valence-electron chi connectivity index (χ2n) is 8.76. The summed E-state index contributed by atoms with van der Waals surface area (Å²) in [5.74, 6) is 1.39. The maximum Gasteiger partial charge on any atom is 0.275 e. The first-order chi connectivity index (χ1) is 14.0. The van der Waals surface area contributed by atoms with E-state index < -0.39 is 0 Å². The summed E-state index contributed by atoms with van der Waals surface area (Å²) < 4.78 is 5.71. The summed E-state index contributed by atoms with van der Waals surface area (Å²) in [5.41, 5.74) is 4.39. The van der Waals surface area contributed by atoms with Gasteiger partial charge in [0.05, 0.1) is 6.54 Å². The lowest BCUT2D eigenvalue weighted by atomic mass is 10.1. The van der Waals surface area contributed by atoms with Gasteiger partial charge in [0.1, 0.15) is 6.26 Å². The van der Waals surface area contributed by atoms with Crippen LogP contribution in [-0.4, -0.2) is 65.4 Å². The average Bonchev–Trinajstić information content (AvgIpc) is 3.39. The van der Waals surface area contributed by atoms with Crippen LogP contribution in [0, 0.1) is 19.8 Å². The van der Waals surface area contributed by atoms with Crippen LogP contribution in [0.2, 0.25) is 0 Å². The van der Waals surface area contributed by atoms with Crippen LogP contribution in [0.5, 0.6) is 0 Å². The van der Waals surface area contributed by atoms with Crippen molar-refractivity contribution in [3.05, 3.63) is 52.7 Å². The normalized spacial score (nSPS) is 17.9. The third-order valence-electron chi connectivity index (χ3n) is 6.03. The maximum atomic E-state index is 12.7. The van der Waals surface area contributed by atoms with Crippen LogP contribution in [0.3, 0.4) is 0 Å². The Morgan fingerprint density at radius 1 is 1.17 bits per heavy atom. The highest BCUT2D eigenvalue weighted by Gasteiger charge is 2.27. The Hall–Kier alpha value is -2.18. The number of oxazole rings is 1. The predicted octanol–water partition coefficient (Wildman–Crippen LogP) is 3.09. The molecule has 2 fully saturated rings. The lowest BCUT2D eigenvalue weighted by molar-refractivity contribution is 0.0658. The summed E-state index contributed by atoms with van der Waals surface area (Å²) in [5, 5.41) is 0. The molecule has 6 heteroatoms. The minimum absolute atomic E-state index is 0.0172. The van der Waals surface area contributed by atoms with Crippen molar-refractivity contribution >= 4 is 5.91 Å². The van der Waals surface area contributed by atoms with Gasteiger partial charge in [0.2, 0.25) is 5.89 Å². The number of aromatic nitrogens is 1. The Bertz CT molecular complexity index is 850. The van der Waals surface area contributed by atoms with E-state index in [0.29, 0.717) is 18.1 Å². The third-order valence-corrected chi connectivity index (χ3v) is 6.03. The largest absolute Gasteiger partial charge is 0.447 e. The molecule has 2 aliphatic rings. The van der Waals surface area contributed by atoms with Crippen LogP contribution < -0.4 is 0 Å². The van der Waals surface area contributed by atoms with E-state index in [4.69, 9.17) is 4.42 Å². The number of piperazine rings is 1. The SMILES string of the molecule is Cc1ccc(C)c(CN(Cc2nc(C(=O)N3CCN(C)CC3)co2)CC2CC2)c1. The fourth-order valence-corrected chi connectivity index (χ4v) is 3.91. The average molecular weight is 397 g/mol. The van der Waals surface area contributed by atoms with Gasteiger partial charge in [-0.3, -0.25) is 9.69 Å². The molecule has 1 amide bonds. The van der Waals surface area contributed by atoms with E-state index in [0.717, 1.165) is 45.2 Å². The van der Waals surface area contributed by atoms with E-state index in [1.807, 2.05) is 4.90 Å². The Morgan fingerprint density at radius 2 is 1.93 bits per heavy atom. The van der Waals surface area contributed by atoms with Gasteiger partial charge in [0, 0.05) is 39.3 Å². The first-order valence-corrected chi connectivity index (χ1v) is 10.7. The topological polar surface area (TPSA) is 52.8 Å². The zero-order chi connectivity index (χ0) is 20.4. The van der Waals surface area contributed by atoms with Crippen molar-refractivity contribution in [2.75, 3.05) is 39.8 Å². The number of nitrogens with zero attached hydrogens (tertiary/aromatic N) is 4. The van der Waals surface area contributed by atoms with Crippen LogP contribution in [0.1, 0.15) is 45.9 Å². The standard InChI is InChI=1S/C23H32N4O2/c1-17-4-5-18(2)20(12-17)14-26(13-19-6-7-19)15-22-24-21(16-29-22)23(28)27-10-8-25(3)9-11-27/h4-5,12,16,19H,6-11,13-15H2,1-3H3. The molecule has 4 rings (SSSR count). The number of benzene rings is 1. The summed E-state index contributed by atoms with van der Waals surface area (Å²) in [6.45, 7) is 10.2. The Kier molecular flexibility index (Phi) is 6.01. The van der Waals surface area contributed by atoms with Crippen molar-refractivity contribution < 1.29 is 9.21 Å². The zero-order valence-electron chi connectivity index (χ0n) is 17.9. The number of hydrogen-bond acceptors (Lipinski definition) is 5. The molecule has 1 aromatic heterocycles. The summed E-state index contributed by atoms with van der Waals surface area (Å²) in [7, 11) is 2.08. The highest BCUT2D eigenvalue weighted by atomic mass is 16.3. The van der Waals surface area contributed by atoms with Crippen LogP contribution in [0.15, 0.2) is 28.9 Å². The van der Waals surface area contributed by atoms with E-state index in [9.17, 15) is 4.79 Å². The molecule has 1 saturated heterocycles. The van der Waals surface area contributed by atoms with Gasteiger partial charge in [0.15, 0.2) is 5.69 Å². The number of rotatable bonds is 7. The highest BCUT2D eigenvalue weighted by molar-refractivity contribution is 5.92. The van der Waals surface area contributed by atoms with Crippen molar-refractivity contribution in [2.24, 2.45) is 5.92 Å². The summed E-state index contributed by atoms with van der Waals surface area (Å²) >= 11 is 0. The molecule has 1 aromatic carbocycles. The number of carbonyl (C=O) groups is 1. The fourth-order valence-electron chi connectivity index (χ4n) is 3.91. The van der Waals surface area contributed by atoms with E-state index in [1.165, 1.54) is 35.8 Å². The van der Waals surface area contributed by atoms with Crippen LogP contribution in [0.4, 0.5) is 0 Å². The molecule has 0 N–H and O–H groups in total. The molecule has 2 aromatic rings. The van der Waals surface area contributed by atoms with E-state index in [-0.39, 0.29) is 5.91 Å². The quantitative estimate of drug-likeness (QED) is 0.720. The van der Waals surface area contributed by atoms with Gasteiger partial charge in [-0.25, -0.2) is 4.98 Å². The third kappa shape index (κ3) is 5.25. The Labute approximate surface area is 173 Å². The fraction of sp³-hybridized carbons (Fsp3) is 0.565. The second-order valence-corrected chi connectivity index (χ2v) is 8.76. The van der Waals surface area contributed by atoms with Gasteiger partial charge in [-0.15, -0.1) is 0 Å². The summed E-state index contributed by atoms with van der Waals surface area (Å²) in [6, 6.07) is 6.62. The minimum atomic E-state index is -0.0172. The molecule has 0 bridgehead atoms. The molecule has 0 atom stereocenters. The highest BCUT2D eigenvalue weighted by Crippen LogP contribution is 2.31. The van der Waals surface area contributed by atoms with Gasteiger partial charge in [-0.1, -0.05) is 23.8 Å². The number of carbonyl (C=O) groups excluding carboxylic acids is 1. The molecule has 156 valence electrons. The molecule has 29 heavy (non-hydrogen) atoms. The molecule has 1 saturated carbocycles. The first-order valence-electron chi connectivity index (χ1n) is 10.7. The van der Waals surface area contributed by atoms with Crippen molar-refractivity contribution in [2.45, 2.75) is 39.8 Å². The predicted molar refractivity (Wildman–Crippen MR) is 113 cm³/mol. The molecular formula is C23H32N4O2. The van der Waals surface area contributed by atoms with Crippen molar-refractivity contribution in [3.63, 3.8) is 0 Å². The van der Waals surface area contributed by atoms with Crippen LogP contribution in [0.25, 0.3) is 0 Å². The lowest BCUT2D eigenvalue weighted by Crippen LogP contribution is -2.47. The van der Waals surface area contributed by atoms with Crippen molar-refractivity contribution in [3.8, 4) is 0 Å². The van der Waals surface area contributed by atoms with Gasteiger partial charge in [-0.05, 0) is 50.8 Å². The number of hydrogen-bond donors (Lipinski definition) is 0. The first kappa shape index (κ1) is 20.1. The van der Waals surface area contributed by atoms with Gasteiger partial charge >= 0.3 is 0 Å². The molecule has 0 unspecified atom stereocenters. The number of amides is 1. The van der Waals surface area contributed by atoms with Crippen LogP contribution >= 0.6 is 0 Å². The van der Waals surface area contributed by atoms with Gasteiger partial charge in [-0.2, -0.15) is 0 Å². The zero-order valence-corrected chi connectivity index (χ0v) is 17.9. The van der Waals surface area contributed by atoms with Gasteiger partial charge < -0.3 is 14.2 Å². The number of likely N-dealkylation sites (N-methyl/N-ethyl adjacent to an activating group) is 1. The van der Waals surface area contributed by atoms with E-state index >= 15 is 0 Å². The molecule has 6 nitrogen and oxygen atoms in total. The van der Waals surface area contributed by atoms with Gasteiger partial charge in [0.25, 0.3) is 5.91 Å². The van der Waals surface area contributed by atoms with E-state index in [2.05, 4.69) is 53.9 Å². The minimum Gasteiger partial charge on any atom is -0.447 e. The number of aryl methyl sites for hydroxylation is 2. The molecule has 1 aliphatic carbocycles. The molecule has 0 spiro atoms. The second kappa shape index (κ2) is 8.67. The van der Waals surface area contributed by atoms with E-state index in [1.54, 1.807) is 0 Å². The van der Waals surface area contributed by atoms with Crippen LogP contribution in [-0.2, 0) is 13.1 Å². The maximum absolute atomic E-state index is 12.7. The molecular weight excluding hydrogens is 364 g/mol. The lowest BCUT2D eigenvalue weighted by Gasteiger charge is -2.31. The Morgan fingerprint density at radius 3 is 2.66 bits per heavy atom. The van der Waals surface area contributed by atoms with Crippen molar-refractivity contribution in [1.82, 2.24) is 19.7 Å². The molecule has 0 radical (unpaired) electrons. The monoisotopic (exact) mass is 396 g/mol. The summed E-state index contributed by atoms with van der Waals surface area (Å²) in [4.78, 5) is 23.8. The molecule has 2 heterocycles. The summed E-state index contributed by atoms with van der Waals surface area (Å²) in [6.07, 6.45) is 4.15. The smallest absolute Gasteiger partial charge is 0.275 e. The Balaban J connectivity index is 1.42. The van der Waals surface area contributed by atoms with Crippen molar-refractivity contribution in [1.29, 1.82) is 0 Å². The molecule has 1 aliphatic heterocycles.